The highest BCUT2D eigenvalue weighted by molar-refractivity contribution is 5.80. The number of rotatable bonds is 3. The molecule has 1 saturated carbocycles. The molecule has 3 rings (SSSR count). The summed E-state index contributed by atoms with van der Waals surface area (Å²) in [6.07, 6.45) is 7.09. The molecule has 1 aliphatic carbocycles. The van der Waals surface area contributed by atoms with E-state index in [9.17, 15) is 0 Å². The molecular formula is C18H35N5. The Morgan fingerprint density at radius 3 is 2.65 bits per heavy atom. The minimum atomic E-state index is 0.547. The minimum absolute atomic E-state index is 0.547. The van der Waals surface area contributed by atoms with Crippen molar-refractivity contribution in [2.45, 2.75) is 45.1 Å². The first kappa shape index (κ1) is 17.0. The van der Waals surface area contributed by atoms with Gasteiger partial charge in [0, 0.05) is 45.3 Å². The number of likely N-dealkylation sites (N-methyl/N-ethyl adjacent to an activating group) is 2. The van der Waals surface area contributed by atoms with Crippen molar-refractivity contribution in [3.8, 4) is 0 Å². The standard InChI is InChI=1S/C18H35N5/c1-4-19-17(20-13-16-14-21(2)11-12-22(16)3)23-10-9-18(15-23)7-5-6-8-18/h16H,4-15H2,1-3H3,(H,19,20). The van der Waals surface area contributed by atoms with Gasteiger partial charge in [-0.2, -0.15) is 0 Å². The van der Waals surface area contributed by atoms with Crippen LogP contribution < -0.4 is 5.32 Å². The second kappa shape index (κ2) is 7.39. The Hall–Kier alpha value is -0.810. The van der Waals surface area contributed by atoms with Gasteiger partial charge in [0.15, 0.2) is 5.96 Å². The zero-order valence-corrected chi connectivity index (χ0v) is 15.4. The number of piperazine rings is 1. The summed E-state index contributed by atoms with van der Waals surface area (Å²) in [6, 6.07) is 0.547. The molecule has 23 heavy (non-hydrogen) atoms. The third-order valence-electron chi connectivity index (χ3n) is 6.17. The quantitative estimate of drug-likeness (QED) is 0.630. The van der Waals surface area contributed by atoms with E-state index in [-0.39, 0.29) is 0 Å². The van der Waals surface area contributed by atoms with Crippen LogP contribution in [-0.4, -0.2) is 86.6 Å². The summed E-state index contributed by atoms with van der Waals surface area (Å²) >= 11 is 0. The smallest absolute Gasteiger partial charge is 0.193 e. The van der Waals surface area contributed by atoms with Crippen molar-refractivity contribution in [2.24, 2.45) is 10.4 Å². The van der Waals surface area contributed by atoms with Crippen LogP contribution in [0.15, 0.2) is 4.99 Å². The third kappa shape index (κ3) is 4.00. The summed E-state index contributed by atoms with van der Waals surface area (Å²) in [5, 5.41) is 3.54. The van der Waals surface area contributed by atoms with Crippen molar-refractivity contribution in [3.05, 3.63) is 0 Å². The third-order valence-corrected chi connectivity index (χ3v) is 6.17. The van der Waals surface area contributed by atoms with E-state index in [2.05, 4.69) is 41.0 Å². The van der Waals surface area contributed by atoms with Gasteiger partial charge in [0.1, 0.15) is 0 Å². The van der Waals surface area contributed by atoms with E-state index >= 15 is 0 Å². The largest absolute Gasteiger partial charge is 0.357 e. The van der Waals surface area contributed by atoms with Crippen LogP contribution in [0.2, 0.25) is 0 Å². The number of nitrogens with one attached hydrogen (secondary N) is 1. The number of nitrogens with zero attached hydrogens (tertiary/aromatic N) is 4. The molecular weight excluding hydrogens is 286 g/mol. The average Bonchev–Trinajstić information content (AvgIpc) is 3.17. The molecule has 1 unspecified atom stereocenters. The maximum Gasteiger partial charge on any atom is 0.193 e. The van der Waals surface area contributed by atoms with E-state index in [1.54, 1.807) is 0 Å². The molecule has 5 heteroatoms. The van der Waals surface area contributed by atoms with Gasteiger partial charge in [-0.15, -0.1) is 0 Å². The lowest BCUT2D eigenvalue weighted by Crippen LogP contribution is -2.51. The van der Waals surface area contributed by atoms with Gasteiger partial charge in [-0.3, -0.25) is 9.89 Å². The molecule has 0 aromatic rings. The topological polar surface area (TPSA) is 34.1 Å². The van der Waals surface area contributed by atoms with Crippen LogP contribution in [0.25, 0.3) is 0 Å². The van der Waals surface area contributed by atoms with Crippen LogP contribution in [0.1, 0.15) is 39.0 Å². The first-order chi connectivity index (χ1) is 11.1. The minimum Gasteiger partial charge on any atom is -0.357 e. The van der Waals surface area contributed by atoms with Gasteiger partial charge < -0.3 is 15.1 Å². The van der Waals surface area contributed by atoms with Gasteiger partial charge in [0.2, 0.25) is 0 Å². The predicted molar refractivity (Wildman–Crippen MR) is 97.0 cm³/mol. The van der Waals surface area contributed by atoms with Crippen molar-refractivity contribution < 1.29 is 0 Å². The van der Waals surface area contributed by atoms with Gasteiger partial charge in [-0.05, 0) is 45.7 Å². The number of guanidine groups is 1. The number of hydrogen-bond acceptors (Lipinski definition) is 3. The molecule has 0 radical (unpaired) electrons. The monoisotopic (exact) mass is 321 g/mol. The Kier molecular flexibility index (Phi) is 5.47. The Bertz CT molecular complexity index is 416. The lowest BCUT2D eigenvalue weighted by molar-refractivity contribution is 0.119. The van der Waals surface area contributed by atoms with E-state index in [1.165, 1.54) is 51.7 Å². The molecule has 1 N–H and O–H groups in total. The summed E-state index contributed by atoms with van der Waals surface area (Å²) in [6.45, 7) is 9.91. The summed E-state index contributed by atoms with van der Waals surface area (Å²) in [5.41, 5.74) is 0.609. The summed E-state index contributed by atoms with van der Waals surface area (Å²) in [5.74, 6) is 1.15. The van der Waals surface area contributed by atoms with Crippen molar-refractivity contribution in [3.63, 3.8) is 0 Å². The molecule has 5 nitrogen and oxygen atoms in total. The second-order valence-electron chi connectivity index (χ2n) is 7.97. The van der Waals surface area contributed by atoms with E-state index in [4.69, 9.17) is 4.99 Å². The highest BCUT2D eigenvalue weighted by Crippen LogP contribution is 2.45. The van der Waals surface area contributed by atoms with Crippen LogP contribution in [0.4, 0.5) is 0 Å². The van der Waals surface area contributed by atoms with Gasteiger partial charge in [0.05, 0.1) is 6.54 Å². The Labute approximate surface area is 142 Å². The Morgan fingerprint density at radius 2 is 1.91 bits per heavy atom. The fraction of sp³-hybridized carbons (Fsp3) is 0.944. The molecule has 1 atom stereocenters. The van der Waals surface area contributed by atoms with Crippen LogP contribution in [-0.2, 0) is 0 Å². The maximum atomic E-state index is 5.02. The highest BCUT2D eigenvalue weighted by Gasteiger charge is 2.41. The Balaban J connectivity index is 1.61. The fourth-order valence-corrected chi connectivity index (χ4v) is 4.57. The van der Waals surface area contributed by atoms with Crippen molar-refractivity contribution in [2.75, 3.05) is 59.9 Å². The van der Waals surface area contributed by atoms with E-state index < -0.39 is 0 Å². The molecule has 0 amide bonds. The average molecular weight is 322 g/mol. The first-order valence-electron chi connectivity index (χ1n) is 9.54. The second-order valence-corrected chi connectivity index (χ2v) is 7.97. The lowest BCUT2D eigenvalue weighted by Gasteiger charge is -2.37. The molecule has 2 saturated heterocycles. The lowest BCUT2D eigenvalue weighted by atomic mass is 9.86. The SMILES string of the molecule is CCNC(=NCC1CN(C)CCN1C)N1CCC2(CCCC2)C1. The normalized spacial score (nSPS) is 29.6. The van der Waals surface area contributed by atoms with Crippen LogP contribution in [0, 0.1) is 5.41 Å². The van der Waals surface area contributed by atoms with Crippen molar-refractivity contribution >= 4 is 5.96 Å². The molecule has 3 fully saturated rings. The van der Waals surface area contributed by atoms with Crippen LogP contribution >= 0.6 is 0 Å². The van der Waals surface area contributed by atoms with Crippen LogP contribution in [0.3, 0.4) is 0 Å². The van der Waals surface area contributed by atoms with Gasteiger partial charge >= 0.3 is 0 Å². The molecule has 132 valence electrons. The van der Waals surface area contributed by atoms with E-state index in [0.717, 1.165) is 32.1 Å². The van der Waals surface area contributed by atoms with Crippen molar-refractivity contribution in [1.82, 2.24) is 20.0 Å². The molecule has 0 aromatic carbocycles. The molecule has 2 aliphatic heterocycles. The Morgan fingerprint density at radius 1 is 1.13 bits per heavy atom. The molecule has 0 aromatic heterocycles. The fourth-order valence-electron chi connectivity index (χ4n) is 4.57. The predicted octanol–water partition coefficient (Wildman–Crippen LogP) is 1.46. The van der Waals surface area contributed by atoms with Crippen LogP contribution in [0.5, 0.6) is 0 Å². The van der Waals surface area contributed by atoms with E-state index in [1.807, 2.05) is 0 Å². The highest BCUT2D eigenvalue weighted by atomic mass is 15.3. The number of likely N-dealkylation sites (tertiary alicyclic amines) is 1. The summed E-state index contributed by atoms with van der Waals surface area (Å²) in [4.78, 5) is 12.4. The zero-order valence-electron chi connectivity index (χ0n) is 15.4. The molecule has 0 bridgehead atoms. The first-order valence-corrected chi connectivity index (χ1v) is 9.54. The molecule has 3 aliphatic rings. The summed E-state index contributed by atoms with van der Waals surface area (Å²) < 4.78 is 0. The van der Waals surface area contributed by atoms with Gasteiger partial charge in [-0.1, -0.05) is 12.8 Å². The zero-order chi connectivity index (χ0) is 16.3. The summed E-state index contributed by atoms with van der Waals surface area (Å²) in [7, 11) is 4.46. The van der Waals surface area contributed by atoms with Gasteiger partial charge in [-0.25, -0.2) is 0 Å². The molecule has 1 spiro atoms. The number of aliphatic imine (C=N–C) groups is 1. The van der Waals surface area contributed by atoms with Crippen molar-refractivity contribution in [1.29, 1.82) is 0 Å². The number of hydrogen-bond donors (Lipinski definition) is 1. The maximum absolute atomic E-state index is 5.02. The van der Waals surface area contributed by atoms with Gasteiger partial charge in [0.25, 0.3) is 0 Å². The van der Waals surface area contributed by atoms with E-state index in [0.29, 0.717) is 11.5 Å². The molecule has 2 heterocycles.